The molecule has 0 fully saturated rings. The van der Waals surface area contributed by atoms with Crippen LogP contribution in [-0.4, -0.2) is 36.3 Å². The van der Waals surface area contributed by atoms with Crippen LogP contribution in [-0.2, 0) is 19.6 Å². The molecule has 7 heteroatoms. The molecule has 0 aromatic carbocycles. The van der Waals surface area contributed by atoms with Crippen molar-refractivity contribution in [2.45, 2.75) is 33.5 Å². The van der Waals surface area contributed by atoms with E-state index < -0.39 is 0 Å². The molecule has 0 saturated heterocycles. The van der Waals surface area contributed by atoms with Crippen LogP contribution in [0.2, 0.25) is 0 Å². The second kappa shape index (κ2) is 7.37. The molecule has 0 saturated carbocycles. The van der Waals surface area contributed by atoms with Crippen LogP contribution in [0.5, 0.6) is 0 Å². The van der Waals surface area contributed by atoms with Gasteiger partial charge >= 0.3 is 0 Å². The van der Waals surface area contributed by atoms with Crippen LogP contribution in [0.25, 0.3) is 5.82 Å². The van der Waals surface area contributed by atoms with E-state index in [1.54, 1.807) is 10.9 Å². The van der Waals surface area contributed by atoms with Gasteiger partial charge in [-0.25, -0.2) is 9.67 Å². The Hall–Kier alpha value is -2.51. The molecule has 0 aliphatic carbocycles. The van der Waals surface area contributed by atoms with E-state index in [9.17, 15) is 0 Å². The maximum absolute atomic E-state index is 9.07. The maximum Gasteiger partial charge on any atom is 0.153 e. The summed E-state index contributed by atoms with van der Waals surface area (Å²) in [5, 5.41) is 21.1. The Labute approximate surface area is 141 Å². The molecule has 0 aliphatic rings. The Kier molecular flexibility index (Phi) is 5.02. The van der Waals surface area contributed by atoms with Crippen molar-refractivity contribution < 1.29 is 5.11 Å². The van der Waals surface area contributed by atoms with E-state index in [-0.39, 0.29) is 6.61 Å². The molecular weight excluding hydrogens is 304 g/mol. The van der Waals surface area contributed by atoms with Crippen molar-refractivity contribution in [1.29, 1.82) is 0 Å². The standard InChI is InChI=1S/C17H22N6O/c1-13-16(14(2)22(21-13)8-9-24)12-18-10-15-4-5-17(19-11-15)23-7-3-6-20-23/h3-7,11,18,24H,8-10,12H2,1-2H3. The number of hydrogen-bond acceptors (Lipinski definition) is 5. The second-order valence-corrected chi connectivity index (χ2v) is 5.67. The zero-order chi connectivity index (χ0) is 16.9. The highest BCUT2D eigenvalue weighted by Gasteiger charge is 2.10. The number of pyridine rings is 1. The highest BCUT2D eigenvalue weighted by atomic mass is 16.3. The lowest BCUT2D eigenvalue weighted by Gasteiger charge is -2.07. The van der Waals surface area contributed by atoms with Gasteiger partial charge in [-0.15, -0.1) is 0 Å². The molecular formula is C17H22N6O. The monoisotopic (exact) mass is 326 g/mol. The Morgan fingerprint density at radius 1 is 1.21 bits per heavy atom. The summed E-state index contributed by atoms with van der Waals surface area (Å²) in [4.78, 5) is 4.43. The maximum atomic E-state index is 9.07. The molecule has 3 rings (SSSR count). The molecule has 0 amide bonds. The number of aliphatic hydroxyl groups is 1. The summed E-state index contributed by atoms with van der Waals surface area (Å²) in [5.74, 6) is 0.806. The minimum Gasteiger partial charge on any atom is -0.394 e. The first kappa shape index (κ1) is 16.4. The fourth-order valence-corrected chi connectivity index (χ4v) is 2.70. The predicted octanol–water partition coefficient (Wildman–Crippen LogP) is 1.36. The van der Waals surface area contributed by atoms with Crippen LogP contribution in [0.4, 0.5) is 0 Å². The van der Waals surface area contributed by atoms with Crippen LogP contribution >= 0.6 is 0 Å². The van der Waals surface area contributed by atoms with Crippen molar-refractivity contribution in [2.75, 3.05) is 6.61 Å². The molecule has 0 spiro atoms. The van der Waals surface area contributed by atoms with Crippen LogP contribution in [0.15, 0.2) is 36.8 Å². The zero-order valence-corrected chi connectivity index (χ0v) is 14.0. The van der Waals surface area contributed by atoms with Crippen molar-refractivity contribution >= 4 is 0 Å². The summed E-state index contributed by atoms with van der Waals surface area (Å²) in [6.07, 6.45) is 5.47. The van der Waals surface area contributed by atoms with E-state index in [0.29, 0.717) is 6.54 Å². The number of hydrogen-bond donors (Lipinski definition) is 2. The molecule has 3 aromatic rings. The number of nitrogens with zero attached hydrogens (tertiary/aromatic N) is 5. The quantitative estimate of drug-likeness (QED) is 0.685. The Morgan fingerprint density at radius 3 is 2.75 bits per heavy atom. The van der Waals surface area contributed by atoms with Gasteiger partial charge in [0.25, 0.3) is 0 Å². The summed E-state index contributed by atoms with van der Waals surface area (Å²) in [5.41, 5.74) is 4.40. The van der Waals surface area contributed by atoms with Gasteiger partial charge in [-0.1, -0.05) is 6.07 Å². The molecule has 0 radical (unpaired) electrons. The normalized spacial score (nSPS) is 11.1. The number of aromatic nitrogens is 5. The topological polar surface area (TPSA) is 80.8 Å². The average molecular weight is 326 g/mol. The SMILES string of the molecule is Cc1nn(CCO)c(C)c1CNCc1ccc(-n2cccn2)nc1. The van der Waals surface area contributed by atoms with Crippen molar-refractivity contribution in [3.8, 4) is 5.82 Å². The second-order valence-electron chi connectivity index (χ2n) is 5.67. The van der Waals surface area contributed by atoms with E-state index in [4.69, 9.17) is 5.11 Å². The molecule has 0 atom stereocenters. The molecule has 126 valence electrons. The third-order valence-electron chi connectivity index (χ3n) is 4.02. The molecule has 0 unspecified atom stereocenters. The van der Waals surface area contributed by atoms with E-state index in [1.165, 1.54) is 5.56 Å². The van der Waals surface area contributed by atoms with Crippen LogP contribution in [0.1, 0.15) is 22.5 Å². The first-order valence-corrected chi connectivity index (χ1v) is 7.98. The summed E-state index contributed by atoms with van der Waals surface area (Å²) in [7, 11) is 0. The zero-order valence-electron chi connectivity index (χ0n) is 14.0. The van der Waals surface area contributed by atoms with Crippen LogP contribution < -0.4 is 5.32 Å². The summed E-state index contributed by atoms with van der Waals surface area (Å²) in [6.45, 7) is 6.14. The van der Waals surface area contributed by atoms with Crippen molar-refractivity contribution in [1.82, 2.24) is 29.9 Å². The molecule has 3 heterocycles. The van der Waals surface area contributed by atoms with E-state index >= 15 is 0 Å². The molecule has 2 N–H and O–H groups in total. The Balaban J connectivity index is 1.59. The third-order valence-corrected chi connectivity index (χ3v) is 4.02. The lowest BCUT2D eigenvalue weighted by molar-refractivity contribution is 0.267. The average Bonchev–Trinajstić information content (AvgIpc) is 3.20. The van der Waals surface area contributed by atoms with E-state index in [2.05, 4.69) is 20.5 Å². The van der Waals surface area contributed by atoms with Gasteiger partial charge < -0.3 is 10.4 Å². The number of aryl methyl sites for hydroxylation is 1. The fraction of sp³-hybridized carbons (Fsp3) is 0.353. The largest absolute Gasteiger partial charge is 0.394 e. The van der Waals surface area contributed by atoms with E-state index in [0.717, 1.165) is 35.9 Å². The van der Waals surface area contributed by atoms with Crippen molar-refractivity contribution in [3.05, 3.63) is 59.3 Å². The molecule has 24 heavy (non-hydrogen) atoms. The van der Waals surface area contributed by atoms with Gasteiger partial charge in [0, 0.05) is 42.9 Å². The first-order valence-electron chi connectivity index (χ1n) is 7.98. The lowest BCUT2D eigenvalue weighted by atomic mass is 10.2. The number of rotatable bonds is 7. The number of aliphatic hydroxyl groups excluding tert-OH is 1. The smallest absolute Gasteiger partial charge is 0.153 e. The lowest BCUT2D eigenvalue weighted by Crippen LogP contribution is -2.14. The Morgan fingerprint density at radius 2 is 2.08 bits per heavy atom. The van der Waals surface area contributed by atoms with Gasteiger partial charge in [0.1, 0.15) is 0 Å². The summed E-state index contributed by atoms with van der Waals surface area (Å²) in [6, 6.07) is 5.88. The van der Waals surface area contributed by atoms with Crippen molar-refractivity contribution in [2.24, 2.45) is 0 Å². The summed E-state index contributed by atoms with van der Waals surface area (Å²) >= 11 is 0. The fourth-order valence-electron chi connectivity index (χ4n) is 2.70. The van der Waals surface area contributed by atoms with Crippen LogP contribution in [0.3, 0.4) is 0 Å². The number of nitrogens with one attached hydrogen (secondary N) is 1. The highest BCUT2D eigenvalue weighted by molar-refractivity contribution is 5.26. The van der Waals surface area contributed by atoms with Crippen molar-refractivity contribution in [3.63, 3.8) is 0 Å². The highest BCUT2D eigenvalue weighted by Crippen LogP contribution is 2.13. The predicted molar refractivity (Wildman–Crippen MR) is 90.7 cm³/mol. The van der Waals surface area contributed by atoms with Gasteiger partial charge in [-0.2, -0.15) is 10.2 Å². The van der Waals surface area contributed by atoms with Crippen LogP contribution in [0, 0.1) is 13.8 Å². The molecule has 3 aromatic heterocycles. The molecule has 0 aliphatic heterocycles. The first-order chi connectivity index (χ1) is 11.7. The molecule has 0 bridgehead atoms. The minimum absolute atomic E-state index is 0.100. The summed E-state index contributed by atoms with van der Waals surface area (Å²) < 4.78 is 3.59. The van der Waals surface area contributed by atoms with Gasteiger partial charge in [0.05, 0.1) is 18.8 Å². The Bertz CT molecular complexity index is 776. The van der Waals surface area contributed by atoms with Gasteiger partial charge in [-0.3, -0.25) is 4.68 Å². The van der Waals surface area contributed by atoms with Gasteiger partial charge in [0.2, 0.25) is 0 Å². The molecule has 7 nitrogen and oxygen atoms in total. The van der Waals surface area contributed by atoms with Gasteiger partial charge in [-0.05, 0) is 31.5 Å². The third kappa shape index (κ3) is 3.52. The minimum atomic E-state index is 0.100. The van der Waals surface area contributed by atoms with E-state index in [1.807, 2.05) is 49.1 Å². The van der Waals surface area contributed by atoms with Gasteiger partial charge in [0.15, 0.2) is 5.82 Å².